The average molecular weight is 421 g/mol. The van der Waals surface area contributed by atoms with Crippen molar-refractivity contribution in [1.82, 2.24) is 10.2 Å². The second-order valence-electron chi connectivity index (χ2n) is 8.40. The van der Waals surface area contributed by atoms with Crippen LogP contribution in [0.2, 0.25) is 0 Å². The number of nitrogens with zero attached hydrogens (tertiary/aromatic N) is 1. The normalized spacial score (nSPS) is 21.6. The van der Waals surface area contributed by atoms with Crippen molar-refractivity contribution < 1.29 is 19.1 Å². The molecule has 6 heteroatoms. The highest BCUT2D eigenvalue weighted by Crippen LogP contribution is 2.48. The number of nitrogens with one attached hydrogen (secondary N) is 1. The zero-order chi connectivity index (χ0) is 21.5. The van der Waals surface area contributed by atoms with Gasteiger partial charge in [0.25, 0.3) is 5.91 Å². The Morgan fingerprint density at radius 1 is 1.06 bits per heavy atom. The minimum absolute atomic E-state index is 0.00264. The number of benzene rings is 2. The molecule has 2 aliphatic heterocycles. The highest BCUT2D eigenvalue weighted by atomic mass is 16.5. The molecule has 2 aromatic carbocycles. The fourth-order valence-corrected chi connectivity index (χ4v) is 4.87. The Kier molecular flexibility index (Phi) is 5.08. The van der Waals surface area contributed by atoms with E-state index in [1.54, 1.807) is 0 Å². The number of rotatable bonds is 6. The van der Waals surface area contributed by atoms with Crippen molar-refractivity contribution in [1.29, 1.82) is 0 Å². The van der Waals surface area contributed by atoms with Crippen molar-refractivity contribution in [3.05, 3.63) is 58.7 Å². The Labute approximate surface area is 182 Å². The molecule has 0 unspecified atom stereocenters. The number of carbonyl (C=O) groups excluding carboxylic acids is 2. The van der Waals surface area contributed by atoms with Crippen LogP contribution in [0, 0.1) is 0 Å². The van der Waals surface area contributed by atoms with E-state index in [0.717, 1.165) is 41.7 Å². The lowest BCUT2D eigenvalue weighted by Crippen LogP contribution is -2.50. The van der Waals surface area contributed by atoms with Crippen LogP contribution in [-0.2, 0) is 11.2 Å². The van der Waals surface area contributed by atoms with E-state index in [9.17, 15) is 9.59 Å². The van der Waals surface area contributed by atoms with E-state index in [2.05, 4.69) is 5.32 Å². The van der Waals surface area contributed by atoms with Crippen molar-refractivity contribution in [2.75, 3.05) is 19.8 Å². The van der Waals surface area contributed by atoms with Gasteiger partial charge in [-0.25, -0.2) is 0 Å². The molecule has 3 aliphatic rings. The third kappa shape index (κ3) is 3.44. The van der Waals surface area contributed by atoms with Crippen LogP contribution in [-0.4, -0.2) is 42.5 Å². The Morgan fingerprint density at radius 3 is 2.48 bits per heavy atom. The number of carbonyl (C=O) groups is 2. The monoisotopic (exact) mass is 420 g/mol. The lowest BCUT2D eigenvalue weighted by molar-refractivity contribution is -0.124. The molecule has 31 heavy (non-hydrogen) atoms. The minimum atomic E-state index is -0.444. The molecule has 2 atom stereocenters. The van der Waals surface area contributed by atoms with Crippen molar-refractivity contribution in [2.24, 2.45) is 0 Å². The minimum Gasteiger partial charge on any atom is -0.490 e. The molecular formula is C25H28N2O4. The second-order valence-corrected chi connectivity index (χ2v) is 8.40. The number of amides is 2. The van der Waals surface area contributed by atoms with Crippen LogP contribution in [0.15, 0.2) is 36.4 Å². The Bertz CT molecular complexity index is 1030. The number of hydrogen-bond acceptors (Lipinski definition) is 4. The van der Waals surface area contributed by atoms with Gasteiger partial charge in [-0.1, -0.05) is 18.2 Å². The maximum Gasteiger partial charge on any atom is 0.254 e. The summed E-state index contributed by atoms with van der Waals surface area (Å²) in [7, 11) is 0. The Hall–Kier alpha value is -3.02. The first-order chi connectivity index (χ1) is 15.1. The summed E-state index contributed by atoms with van der Waals surface area (Å²) in [6.45, 7) is 5.53. The van der Waals surface area contributed by atoms with Gasteiger partial charge < -0.3 is 19.7 Å². The first-order valence-corrected chi connectivity index (χ1v) is 11.2. The van der Waals surface area contributed by atoms with Gasteiger partial charge in [0, 0.05) is 18.2 Å². The number of hydrogen-bond donors (Lipinski definition) is 1. The second kappa shape index (κ2) is 7.91. The van der Waals surface area contributed by atoms with E-state index in [-0.39, 0.29) is 23.9 Å². The zero-order valence-corrected chi connectivity index (χ0v) is 18.0. The molecule has 2 heterocycles. The molecule has 6 nitrogen and oxygen atoms in total. The lowest BCUT2D eigenvalue weighted by atomic mass is 9.75. The number of ether oxygens (including phenoxy) is 2. The molecule has 0 saturated heterocycles. The Balaban J connectivity index is 1.65. The maximum atomic E-state index is 13.5. The molecule has 1 fully saturated rings. The van der Waals surface area contributed by atoms with Gasteiger partial charge in [0.05, 0.1) is 25.2 Å². The molecule has 0 spiro atoms. The molecule has 162 valence electrons. The first-order valence-electron chi connectivity index (χ1n) is 11.2. The largest absolute Gasteiger partial charge is 0.490 e. The molecule has 5 rings (SSSR count). The average Bonchev–Trinajstić information content (AvgIpc) is 3.58. The third-order valence-electron chi connectivity index (χ3n) is 6.39. The van der Waals surface area contributed by atoms with Gasteiger partial charge in [-0.15, -0.1) is 0 Å². The van der Waals surface area contributed by atoms with Gasteiger partial charge in [-0.05, 0) is 68.0 Å². The van der Waals surface area contributed by atoms with E-state index in [1.807, 2.05) is 55.1 Å². The SMILES string of the molecule is CCOc1cc2c(cc1OCC)[C@@H]1[C@@H](C(=O)NC3CC3)c3ccccc3C(=O)N1CC2. The molecule has 0 aromatic heterocycles. The first kappa shape index (κ1) is 19.9. The summed E-state index contributed by atoms with van der Waals surface area (Å²) in [6.07, 6.45) is 2.77. The van der Waals surface area contributed by atoms with Crippen LogP contribution in [0.4, 0.5) is 0 Å². The highest BCUT2D eigenvalue weighted by Gasteiger charge is 2.47. The molecule has 2 aromatic rings. The molecule has 0 radical (unpaired) electrons. The maximum absolute atomic E-state index is 13.5. The predicted molar refractivity (Wildman–Crippen MR) is 117 cm³/mol. The molecule has 1 N–H and O–H groups in total. The van der Waals surface area contributed by atoms with Gasteiger partial charge in [0.2, 0.25) is 5.91 Å². The smallest absolute Gasteiger partial charge is 0.254 e. The molecular weight excluding hydrogens is 392 g/mol. The fourth-order valence-electron chi connectivity index (χ4n) is 4.87. The van der Waals surface area contributed by atoms with Crippen LogP contribution in [0.1, 0.15) is 65.7 Å². The predicted octanol–water partition coefficient (Wildman–Crippen LogP) is 3.60. The van der Waals surface area contributed by atoms with E-state index in [1.165, 1.54) is 0 Å². The summed E-state index contributed by atoms with van der Waals surface area (Å²) < 4.78 is 11.7. The van der Waals surface area contributed by atoms with Crippen LogP contribution >= 0.6 is 0 Å². The summed E-state index contributed by atoms with van der Waals surface area (Å²) in [6, 6.07) is 11.5. The van der Waals surface area contributed by atoms with Gasteiger partial charge in [0.15, 0.2) is 11.5 Å². The van der Waals surface area contributed by atoms with E-state index in [0.29, 0.717) is 31.1 Å². The van der Waals surface area contributed by atoms with Crippen LogP contribution in [0.25, 0.3) is 0 Å². The molecule has 1 aliphatic carbocycles. The standard InChI is InChI=1S/C25H28N2O4/c1-3-30-20-13-15-11-12-27-23(19(15)14-21(20)31-4-2)22(24(28)26-16-9-10-16)17-7-5-6-8-18(17)25(27)29/h5-8,13-14,16,22-23H,3-4,9-12H2,1-2H3,(H,26,28)/t22-,23+/m0/s1. The van der Waals surface area contributed by atoms with E-state index >= 15 is 0 Å². The van der Waals surface area contributed by atoms with Crippen molar-refractivity contribution in [3.63, 3.8) is 0 Å². The van der Waals surface area contributed by atoms with Gasteiger partial charge in [-0.3, -0.25) is 9.59 Å². The van der Waals surface area contributed by atoms with E-state index in [4.69, 9.17) is 9.47 Å². The van der Waals surface area contributed by atoms with Crippen molar-refractivity contribution >= 4 is 11.8 Å². The molecule has 0 bridgehead atoms. The summed E-state index contributed by atoms with van der Waals surface area (Å²) in [4.78, 5) is 28.7. The van der Waals surface area contributed by atoms with Crippen LogP contribution in [0.3, 0.4) is 0 Å². The lowest BCUT2D eigenvalue weighted by Gasteiger charge is -2.45. The topological polar surface area (TPSA) is 67.9 Å². The molecule has 1 saturated carbocycles. The fraction of sp³-hybridized carbons (Fsp3) is 0.440. The number of fused-ring (bicyclic) bond motifs is 4. The summed E-state index contributed by atoms with van der Waals surface area (Å²) in [5.41, 5.74) is 3.54. The van der Waals surface area contributed by atoms with Crippen LogP contribution < -0.4 is 14.8 Å². The summed E-state index contributed by atoms with van der Waals surface area (Å²) in [5, 5.41) is 3.18. The summed E-state index contributed by atoms with van der Waals surface area (Å²) in [5.74, 6) is 0.933. The third-order valence-corrected chi connectivity index (χ3v) is 6.39. The van der Waals surface area contributed by atoms with Crippen LogP contribution in [0.5, 0.6) is 11.5 Å². The Morgan fingerprint density at radius 2 is 1.77 bits per heavy atom. The summed E-state index contributed by atoms with van der Waals surface area (Å²) >= 11 is 0. The molecule has 2 amide bonds. The highest BCUT2D eigenvalue weighted by molar-refractivity contribution is 6.01. The van der Waals surface area contributed by atoms with Gasteiger partial charge >= 0.3 is 0 Å². The van der Waals surface area contributed by atoms with Crippen molar-refractivity contribution in [3.8, 4) is 11.5 Å². The van der Waals surface area contributed by atoms with Gasteiger partial charge in [-0.2, -0.15) is 0 Å². The van der Waals surface area contributed by atoms with Gasteiger partial charge in [0.1, 0.15) is 0 Å². The van der Waals surface area contributed by atoms with Crippen molar-refractivity contribution in [2.45, 2.75) is 51.1 Å². The van der Waals surface area contributed by atoms with E-state index < -0.39 is 5.92 Å². The zero-order valence-electron chi connectivity index (χ0n) is 18.0. The quantitative estimate of drug-likeness (QED) is 0.775.